The van der Waals surface area contributed by atoms with E-state index in [1.807, 2.05) is 19.1 Å². The van der Waals surface area contributed by atoms with Crippen LogP contribution in [-0.2, 0) is 17.6 Å². The number of amides is 1. The van der Waals surface area contributed by atoms with Gasteiger partial charge in [0.1, 0.15) is 12.4 Å². The fourth-order valence-electron chi connectivity index (χ4n) is 6.63. The van der Waals surface area contributed by atoms with Gasteiger partial charge in [0.15, 0.2) is 5.83 Å². The Morgan fingerprint density at radius 3 is 2.62 bits per heavy atom. The normalized spacial score (nSPS) is 21.4. The number of hydrogen-bond donors (Lipinski definition) is 0. The van der Waals surface area contributed by atoms with Crippen molar-refractivity contribution in [3.05, 3.63) is 65.1 Å². The molecule has 3 aliphatic rings. The molecule has 222 valence electrons. The maximum Gasteiger partial charge on any atom is 0.318 e. The summed E-state index contributed by atoms with van der Waals surface area (Å²) < 4.78 is 19.9. The highest BCUT2D eigenvalue weighted by atomic mass is 35.5. The van der Waals surface area contributed by atoms with Crippen LogP contribution in [0.15, 0.2) is 48.8 Å². The van der Waals surface area contributed by atoms with E-state index in [9.17, 15) is 9.18 Å². The number of likely N-dealkylation sites (tertiary alicyclic amines) is 1. The van der Waals surface area contributed by atoms with Crippen molar-refractivity contribution in [2.24, 2.45) is 0 Å². The third kappa shape index (κ3) is 5.64. The van der Waals surface area contributed by atoms with Crippen LogP contribution in [0.2, 0.25) is 5.02 Å². The quantitative estimate of drug-likeness (QED) is 0.378. The second kappa shape index (κ2) is 12.1. The van der Waals surface area contributed by atoms with Crippen LogP contribution in [0.3, 0.4) is 0 Å². The molecule has 0 bridgehead atoms. The average Bonchev–Trinajstić information content (AvgIpc) is 3.27. The first-order chi connectivity index (χ1) is 20.3. The molecule has 1 unspecified atom stereocenters. The Bertz CT molecular complexity index is 1500. The van der Waals surface area contributed by atoms with Crippen LogP contribution in [0.1, 0.15) is 31.0 Å². The molecule has 1 amide bonds. The monoisotopic (exact) mass is 592 g/mol. The lowest BCUT2D eigenvalue weighted by Gasteiger charge is -2.41. The Hall–Kier alpha value is -3.43. The van der Waals surface area contributed by atoms with Crippen LogP contribution in [0, 0.1) is 0 Å². The zero-order valence-corrected chi connectivity index (χ0v) is 25.1. The molecule has 2 aromatic carbocycles. The molecule has 6 rings (SSSR count). The average molecular weight is 593 g/mol. The summed E-state index contributed by atoms with van der Waals surface area (Å²) in [6.07, 6.45) is 3.76. The zero-order valence-electron chi connectivity index (χ0n) is 24.4. The van der Waals surface area contributed by atoms with Crippen LogP contribution >= 0.6 is 11.6 Å². The van der Waals surface area contributed by atoms with Gasteiger partial charge in [0.25, 0.3) is 5.91 Å². The van der Waals surface area contributed by atoms with Gasteiger partial charge in [-0.15, -0.1) is 0 Å². The van der Waals surface area contributed by atoms with Gasteiger partial charge in [0, 0.05) is 67.9 Å². The number of fused-ring (bicyclic) bond motifs is 2. The number of nitrogens with zero attached hydrogens (tertiary/aromatic N) is 6. The minimum absolute atomic E-state index is 0.0638. The topological polar surface area (TPSA) is 65.0 Å². The highest BCUT2D eigenvalue weighted by Crippen LogP contribution is 2.36. The number of rotatable bonds is 6. The molecule has 3 aliphatic heterocycles. The molecule has 8 nitrogen and oxygen atoms in total. The Morgan fingerprint density at radius 2 is 1.88 bits per heavy atom. The highest BCUT2D eigenvalue weighted by molar-refractivity contribution is 6.36. The Kier molecular flexibility index (Phi) is 8.23. The number of likely N-dealkylation sites (N-methyl/N-ethyl adjacent to an activating group) is 1. The summed E-state index contributed by atoms with van der Waals surface area (Å²) in [4.78, 5) is 30.7. The van der Waals surface area contributed by atoms with E-state index in [-0.39, 0.29) is 6.04 Å². The molecule has 0 N–H and O–H groups in total. The van der Waals surface area contributed by atoms with Crippen molar-refractivity contribution in [2.45, 2.75) is 44.7 Å². The summed E-state index contributed by atoms with van der Waals surface area (Å²) in [5, 5.41) is 2.93. The van der Waals surface area contributed by atoms with Gasteiger partial charge in [-0.1, -0.05) is 42.4 Å². The SMILES string of the molecule is C=C(F)C(=O)N1CCN(c2nc(OCC3CCCN3C)nc3c2CCN(c2cccc4cccc(Cl)c24)CC3)[C@@H](C)C1. The first kappa shape index (κ1) is 28.7. The summed E-state index contributed by atoms with van der Waals surface area (Å²) in [6.45, 7) is 9.77. The predicted octanol–water partition coefficient (Wildman–Crippen LogP) is 4.88. The summed E-state index contributed by atoms with van der Waals surface area (Å²) in [5.74, 6) is -0.712. The van der Waals surface area contributed by atoms with E-state index in [0.717, 1.165) is 77.5 Å². The third-order valence-electron chi connectivity index (χ3n) is 8.97. The molecule has 3 aromatic rings. The number of hydrogen-bond acceptors (Lipinski definition) is 7. The molecule has 10 heteroatoms. The summed E-state index contributed by atoms with van der Waals surface area (Å²) in [6, 6.07) is 13.0. The van der Waals surface area contributed by atoms with Crippen molar-refractivity contribution in [1.29, 1.82) is 0 Å². The van der Waals surface area contributed by atoms with E-state index < -0.39 is 11.7 Å². The van der Waals surface area contributed by atoms with Crippen molar-refractivity contribution < 1.29 is 13.9 Å². The molecule has 2 atom stereocenters. The maximum atomic E-state index is 13.6. The van der Waals surface area contributed by atoms with Crippen molar-refractivity contribution in [3.8, 4) is 6.01 Å². The van der Waals surface area contributed by atoms with E-state index >= 15 is 0 Å². The van der Waals surface area contributed by atoms with Gasteiger partial charge < -0.3 is 24.3 Å². The summed E-state index contributed by atoms with van der Waals surface area (Å²) >= 11 is 6.69. The number of aromatic nitrogens is 2. The number of carbonyl (C=O) groups is 1. The van der Waals surface area contributed by atoms with Crippen LogP contribution in [0.5, 0.6) is 6.01 Å². The van der Waals surface area contributed by atoms with E-state index in [2.05, 4.69) is 52.6 Å². The highest BCUT2D eigenvalue weighted by Gasteiger charge is 2.33. The van der Waals surface area contributed by atoms with Crippen molar-refractivity contribution in [3.63, 3.8) is 0 Å². The predicted molar refractivity (Wildman–Crippen MR) is 165 cm³/mol. The molecule has 0 saturated carbocycles. The molecule has 2 fully saturated rings. The number of halogens is 2. The number of carbonyl (C=O) groups excluding carboxylic acids is 1. The molecule has 0 radical (unpaired) electrons. The van der Waals surface area contributed by atoms with Gasteiger partial charge in [0.05, 0.1) is 10.7 Å². The lowest BCUT2D eigenvalue weighted by molar-refractivity contribution is -0.129. The molecule has 42 heavy (non-hydrogen) atoms. The second-order valence-corrected chi connectivity index (χ2v) is 12.1. The molecule has 1 aromatic heterocycles. The Labute approximate surface area is 251 Å². The minimum Gasteiger partial charge on any atom is -0.462 e. The van der Waals surface area contributed by atoms with Crippen molar-refractivity contribution >= 4 is 39.8 Å². The van der Waals surface area contributed by atoms with Gasteiger partial charge in [-0.25, -0.2) is 4.39 Å². The number of piperazine rings is 1. The standard InChI is InChI=1S/C32H38ClFN6O2/c1-21-19-39(31(41)22(2)34)17-18-40(21)30-25-12-15-38(28-11-5-8-23-7-4-10-26(33)29(23)28)16-13-27(25)35-32(36-30)42-20-24-9-6-14-37(24)3/h4-5,7-8,10-11,21,24H,2,6,9,12-20H2,1,3H3/t21-,24?/m0/s1. The van der Waals surface area contributed by atoms with Crippen molar-refractivity contribution in [2.75, 3.05) is 62.7 Å². The third-order valence-corrected chi connectivity index (χ3v) is 9.28. The van der Waals surface area contributed by atoms with Crippen LogP contribution in [0.25, 0.3) is 10.8 Å². The summed E-state index contributed by atoms with van der Waals surface area (Å²) in [7, 11) is 2.13. The molecule has 0 aliphatic carbocycles. The number of benzene rings is 2. The molecule has 2 saturated heterocycles. The second-order valence-electron chi connectivity index (χ2n) is 11.6. The number of ether oxygens (including phenoxy) is 1. The van der Waals surface area contributed by atoms with E-state index in [4.69, 9.17) is 26.3 Å². The van der Waals surface area contributed by atoms with Gasteiger partial charge in [-0.3, -0.25) is 4.79 Å². The number of anilines is 2. The van der Waals surface area contributed by atoms with E-state index in [1.165, 1.54) is 11.3 Å². The molecular weight excluding hydrogens is 555 g/mol. The van der Waals surface area contributed by atoms with Crippen LogP contribution in [-0.4, -0.2) is 90.7 Å². The fourth-order valence-corrected chi connectivity index (χ4v) is 6.91. The smallest absolute Gasteiger partial charge is 0.318 e. The fraction of sp³-hybridized carbons (Fsp3) is 0.469. The van der Waals surface area contributed by atoms with Gasteiger partial charge >= 0.3 is 6.01 Å². The zero-order chi connectivity index (χ0) is 29.4. The Balaban J connectivity index is 1.31. The van der Waals surface area contributed by atoms with Gasteiger partial charge in [0.2, 0.25) is 0 Å². The molecular formula is C32H38ClFN6O2. The minimum atomic E-state index is -0.923. The van der Waals surface area contributed by atoms with E-state index in [1.54, 1.807) is 0 Å². The molecule has 4 heterocycles. The van der Waals surface area contributed by atoms with Crippen LogP contribution < -0.4 is 14.5 Å². The first-order valence-electron chi connectivity index (χ1n) is 14.9. The Morgan fingerprint density at radius 1 is 1.10 bits per heavy atom. The van der Waals surface area contributed by atoms with Gasteiger partial charge in [-0.2, -0.15) is 9.97 Å². The lowest BCUT2D eigenvalue weighted by atomic mass is 10.1. The van der Waals surface area contributed by atoms with Crippen molar-refractivity contribution in [1.82, 2.24) is 19.8 Å². The first-order valence-corrected chi connectivity index (χ1v) is 15.2. The van der Waals surface area contributed by atoms with Gasteiger partial charge in [-0.05, 0) is 57.3 Å². The van der Waals surface area contributed by atoms with E-state index in [0.29, 0.717) is 38.3 Å². The largest absolute Gasteiger partial charge is 0.462 e. The molecule has 0 spiro atoms. The van der Waals surface area contributed by atoms with Crippen LogP contribution in [0.4, 0.5) is 15.9 Å². The lowest BCUT2D eigenvalue weighted by Crippen LogP contribution is -2.54. The summed E-state index contributed by atoms with van der Waals surface area (Å²) in [5.41, 5.74) is 3.22. The maximum absolute atomic E-state index is 13.6.